The minimum Gasteiger partial charge on any atom is -0.354 e. The molecule has 1 rings (SSSR count). The first-order valence-electron chi connectivity index (χ1n) is 5.28. The summed E-state index contributed by atoms with van der Waals surface area (Å²) >= 11 is 0. The third-order valence-corrected chi connectivity index (χ3v) is 2.30. The van der Waals surface area contributed by atoms with Gasteiger partial charge in [0.1, 0.15) is 0 Å². The van der Waals surface area contributed by atoms with E-state index in [1.54, 1.807) is 25.1 Å². The lowest BCUT2D eigenvalue weighted by molar-refractivity contribution is -0.385. The number of para-hydroxylation sites is 1. The van der Waals surface area contributed by atoms with Gasteiger partial charge in [0.05, 0.1) is 11.0 Å². The van der Waals surface area contributed by atoms with Gasteiger partial charge in [0, 0.05) is 18.2 Å². The van der Waals surface area contributed by atoms with Gasteiger partial charge in [0.2, 0.25) is 5.91 Å². The Morgan fingerprint density at radius 1 is 1.50 bits per heavy atom. The second-order valence-corrected chi connectivity index (χ2v) is 3.72. The molecule has 0 spiro atoms. The number of hydrogen-bond donors (Lipinski definition) is 2. The van der Waals surface area contributed by atoms with Crippen LogP contribution in [0.3, 0.4) is 0 Å². The number of nitro groups is 1. The number of hydrogen-bond acceptors (Lipinski definition) is 4. The van der Waals surface area contributed by atoms with Crippen molar-refractivity contribution >= 4 is 24.0 Å². The van der Waals surface area contributed by atoms with Crippen LogP contribution in [-0.4, -0.2) is 23.4 Å². The zero-order valence-corrected chi connectivity index (χ0v) is 10.8. The Bertz CT molecular complexity index is 424. The monoisotopic (exact) mass is 273 g/mol. The largest absolute Gasteiger partial charge is 0.354 e. The normalized spacial score (nSPS) is 11.2. The van der Waals surface area contributed by atoms with E-state index in [4.69, 9.17) is 5.73 Å². The first-order chi connectivity index (χ1) is 8.02. The molecule has 1 aromatic carbocycles. The predicted octanol–water partition coefficient (Wildman–Crippen LogP) is 1.02. The van der Waals surface area contributed by atoms with Crippen LogP contribution in [0.1, 0.15) is 12.5 Å². The lowest BCUT2D eigenvalue weighted by Gasteiger charge is -2.07. The van der Waals surface area contributed by atoms with Crippen molar-refractivity contribution in [2.24, 2.45) is 5.73 Å². The van der Waals surface area contributed by atoms with Crippen molar-refractivity contribution in [3.8, 4) is 0 Å². The minimum atomic E-state index is -0.569. The summed E-state index contributed by atoms with van der Waals surface area (Å²) in [6, 6.07) is 5.90. The van der Waals surface area contributed by atoms with Crippen LogP contribution < -0.4 is 11.1 Å². The molecule has 7 heteroatoms. The van der Waals surface area contributed by atoms with E-state index in [2.05, 4.69) is 5.32 Å². The van der Waals surface area contributed by atoms with Crippen LogP contribution in [0.5, 0.6) is 0 Å². The van der Waals surface area contributed by atoms with Gasteiger partial charge in [0.15, 0.2) is 0 Å². The second-order valence-electron chi connectivity index (χ2n) is 3.72. The zero-order chi connectivity index (χ0) is 12.8. The average molecular weight is 274 g/mol. The lowest BCUT2D eigenvalue weighted by atomic mass is 10.1. The average Bonchev–Trinajstić information content (AvgIpc) is 2.29. The van der Waals surface area contributed by atoms with E-state index in [1.165, 1.54) is 6.07 Å². The molecule has 6 nitrogen and oxygen atoms in total. The summed E-state index contributed by atoms with van der Waals surface area (Å²) < 4.78 is 0. The molecule has 0 aliphatic rings. The fourth-order valence-electron chi connectivity index (χ4n) is 1.38. The van der Waals surface area contributed by atoms with Crippen LogP contribution in [0.25, 0.3) is 0 Å². The fraction of sp³-hybridized carbons (Fsp3) is 0.364. The second kappa shape index (κ2) is 7.62. The van der Waals surface area contributed by atoms with Crippen molar-refractivity contribution in [2.75, 3.05) is 6.54 Å². The number of rotatable bonds is 5. The number of carbonyl (C=O) groups excluding carboxylic acids is 1. The Balaban J connectivity index is 0.00000289. The van der Waals surface area contributed by atoms with Gasteiger partial charge in [-0.05, 0) is 13.3 Å². The van der Waals surface area contributed by atoms with Crippen LogP contribution in [0.2, 0.25) is 0 Å². The molecule has 0 aliphatic carbocycles. The summed E-state index contributed by atoms with van der Waals surface area (Å²) in [5.74, 6) is -0.261. The van der Waals surface area contributed by atoms with E-state index in [-0.39, 0.29) is 24.0 Å². The summed E-state index contributed by atoms with van der Waals surface area (Å²) in [6.45, 7) is 1.92. The number of nitrogens with two attached hydrogens (primary N) is 1. The summed E-state index contributed by atoms with van der Waals surface area (Å²) in [4.78, 5) is 21.5. The molecule has 18 heavy (non-hydrogen) atoms. The molecular formula is C11H16ClN3O3. The number of nitrogens with zero attached hydrogens (tertiary/aromatic N) is 1. The Labute approximate surface area is 111 Å². The third-order valence-electron chi connectivity index (χ3n) is 2.30. The molecule has 0 fully saturated rings. The Morgan fingerprint density at radius 3 is 2.67 bits per heavy atom. The van der Waals surface area contributed by atoms with Gasteiger partial charge in [-0.25, -0.2) is 0 Å². The van der Waals surface area contributed by atoms with Gasteiger partial charge in [-0.1, -0.05) is 18.2 Å². The van der Waals surface area contributed by atoms with Crippen molar-refractivity contribution in [2.45, 2.75) is 19.4 Å². The molecule has 1 amide bonds. The highest BCUT2D eigenvalue weighted by molar-refractivity contribution is 5.85. The standard InChI is InChI=1S/C11H15N3O3.ClH/c1-8(12)11(15)13-7-6-9-4-2-3-5-10(9)14(16)17;/h2-5,8H,6-7,12H2,1H3,(H,13,15);1H/t8-;/m1./s1. The van der Waals surface area contributed by atoms with Crippen molar-refractivity contribution in [1.82, 2.24) is 5.32 Å². The van der Waals surface area contributed by atoms with Crippen LogP contribution >= 0.6 is 12.4 Å². The van der Waals surface area contributed by atoms with Gasteiger partial charge < -0.3 is 11.1 Å². The molecule has 0 unspecified atom stereocenters. The molecule has 3 N–H and O–H groups in total. The van der Waals surface area contributed by atoms with E-state index >= 15 is 0 Å². The topological polar surface area (TPSA) is 98.3 Å². The van der Waals surface area contributed by atoms with E-state index in [9.17, 15) is 14.9 Å². The zero-order valence-electron chi connectivity index (χ0n) is 9.96. The molecule has 0 aliphatic heterocycles. The molecule has 0 bridgehead atoms. The van der Waals surface area contributed by atoms with Gasteiger partial charge >= 0.3 is 0 Å². The highest BCUT2D eigenvalue weighted by Crippen LogP contribution is 2.17. The van der Waals surface area contributed by atoms with Crippen LogP contribution in [0.15, 0.2) is 24.3 Å². The van der Waals surface area contributed by atoms with Gasteiger partial charge in [0.25, 0.3) is 5.69 Å². The Morgan fingerprint density at radius 2 is 2.11 bits per heavy atom. The van der Waals surface area contributed by atoms with Crippen molar-refractivity contribution < 1.29 is 9.72 Å². The van der Waals surface area contributed by atoms with E-state index < -0.39 is 11.0 Å². The number of amides is 1. The minimum absolute atomic E-state index is 0. The molecule has 1 atom stereocenters. The fourth-order valence-corrected chi connectivity index (χ4v) is 1.38. The highest BCUT2D eigenvalue weighted by atomic mass is 35.5. The van der Waals surface area contributed by atoms with Gasteiger partial charge in [-0.15, -0.1) is 12.4 Å². The molecule has 100 valence electrons. The van der Waals surface area contributed by atoms with Crippen LogP contribution in [-0.2, 0) is 11.2 Å². The molecule has 1 aromatic rings. The van der Waals surface area contributed by atoms with Gasteiger partial charge in [-0.2, -0.15) is 0 Å². The third kappa shape index (κ3) is 4.68. The predicted molar refractivity (Wildman–Crippen MR) is 70.7 cm³/mol. The first kappa shape index (κ1) is 16.3. The molecule has 0 saturated carbocycles. The van der Waals surface area contributed by atoms with Crippen LogP contribution in [0.4, 0.5) is 5.69 Å². The molecule has 0 saturated heterocycles. The maximum Gasteiger partial charge on any atom is 0.272 e. The number of halogens is 1. The summed E-state index contributed by atoms with van der Waals surface area (Å²) in [5, 5.41) is 13.3. The Hall–Kier alpha value is -1.66. The molecular weight excluding hydrogens is 258 g/mol. The molecule has 0 aromatic heterocycles. The number of nitrogens with one attached hydrogen (secondary N) is 1. The summed E-state index contributed by atoms with van der Waals surface area (Å²) in [6.07, 6.45) is 0.412. The van der Waals surface area contributed by atoms with E-state index in [0.29, 0.717) is 18.5 Å². The van der Waals surface area contributed by atoms with Crippen molar-refractivity contribution in [3.05, 3.63) is 39.9 Å². The summed E-state index contributed by atoms with van der Waals surface area (Å²) in [5.41, 5.74) is 6.04. The van der Waals surface area contributed by atoms with Gasteiger partial charge in [-0.3, -0.25) is 14.9 Å². The SMILES string of the molecule is C[C@@H](N)C(=O)NCCc1ccccc1[N+](=O)[O-].Cl. The smallest absolute Gasteiger partial charge is 0.272 e. The van der Waals surface area contributed by atoms with E-state index in [1.807, 2.05) is 0 Å². The highest BCUT2D eigenvalue weighted by Gasteiger charge is 2.12. The summed E-state index contributed by atoms with van der Waals surface area (Å²) in [7, 11) is 0. The molecule has 0 heterocycles. The van der Waals surface area contributed by atoms with Crippen LogP contribution in [0, 0.1) is 10.1 Å². The maximum absolute atomic E-state index is 11.2. The first-order valence-corrected chi connectivity index (χ1v) is 5.28. The quantitative estimate of drug-likeness (QED) is 0.618. The Kier molecular flexibility index (Phi) is 6.92. The van der Waals surface area contributed by atoms with E-state index in [0.717, 1.165) is 0 Å². The number of nitro benzene ring substituents is 1. The van der Waals surface area contributed by atoms with Crippen molar-refractivity contribution in [1.29, 1.82) is 0 Å². The lowest BCUT2D eigenvalue weighted by Crippen LogP contribution is -2.39. The van der Waals surface area contributed by atoms with Crippen molar-refractivity contribution in [3.63, 3.8) is 0 Å². The maximum atomic E-state index is 11.2. The number of carbonyl (C=O) groups is 1. The number of benzene rings is 1. The molecule has 0 radical (unpaired) electrons.